The van der Waals surface area contributed by atoms with E-state index in [0.29, 0.717) is 47.3 Å². The summed E-state index contributed by atoms with van der Waals surface area (Å²) in [5.74, 6) is 1.10. The van der Waals surface area contributed by atoms with Crippen LogP contribution in [-0.4, -0.2) is 63.3 Å². The predicted octanol–water partition coefficient (Wildman–Crippen LogP) is 9.10. The fourth-order valence-corrected chi connectivity index (χ4v) is 7.27. The van der Waals surface area contributed by atoms with Crippen molar-refractivity contribution in [1.29, 1.82) is 10.5 Å². The van der Waals surface area contributed by atoms with Gasteiger partial charge in [-0.2, -0.15) is 20.7 Å². The zero-order valence-electron chi connectivity index (χ0n) is 35.3. The van der Waals surface area contributed by atoms with Gasteiger partial charge in [-0.3, -0.25) is 9.59 Å². The lowest BCUT2D eigenvalue weighted by Gasteiger charge is -2.17. The molecule has 8 rings (SSSR count). The summed E-state index contributed by atoms with van der Waals surface area (Å²) in [6.45, 7) is 7.35. The summed E-state index contributed by atoms with van der Waals surface area (Å²) >= 11 is 0. The van der Waals surface area contributed by atoms with E-state index in [9.17, 15) is 29.6 Å². The summed E-state index contributed by atoms with van der Waals surface area (Å²) < 4.78 is 35.1. The van der Waals surface area contributed by atoms with E-state index in [1.807, 2.05) is 76.5 Å². The van der Waals surface area contributed by atoms with Crippen LogP contribution >= 0.6 is 0 Å². The molecule has 2 fully saturated rings. The molecule has 2 aliphatic carbocycles. The molecule has 1 N–H and O–H groups in total. The van der Waals surface area contributed by atoms with Crippen molar-refractivity contribution in [3.63, 3.8) is 0 Å². The van der Waals surface area contributed by atoms with Gasteiger partial charge in [0, 0.05) is 36.4 Å². The molecule has 6 aromatic rings. The molecule has 2 aromatic carbocycles. The molecule has 61 heavy (non-hydrogen) atoms. The van der Waals surface area contributed by atoms with E-state index in [-0.39, 0.29) is 36.1 Å². The standard InChI is InChI=1S/C25H27N3O4.C23H22FN3O2/c1-25(2,15-26)18-6-7-20-19(13-27-28(20)14-18)17-11-22(31-3)24(21(30)10-16-4-5-16)23(12-17)32-9-8-29;1-23(2,13-25)16-6-7-19-17(11-26-27(19)12-16)15-9-18(24)22(21(10-15)29-3)20(28)8-14-4-5-14/h6-7,11-14,16,29H,4-5,8-10H2,1-3H3;6-7,9-12,14H,4-5,8H2,1-3H3. The maximum absolute atomic E-state index is 14.9. The maximum atomic E-state index is 14.9. The molecule has 314 valence electrons. The van der Waals surface area contributed by atoms with Gasteiger partial charge in [-0.25, -0.2) is 13.4 Å². The van der Waals surface area contributed by atoms with Gasteiger partial charge in [-0.05, 0) is 124 Å². The van der Waals surface area contributed by atoms with Crippen molar-refractivity contribution in [2.24, 2.45) is 11.8 Å². The molecule has 0 amide bonds. The second-order valence-corrected chi connectivity index (χ2v) is 16.9. The van der Waals surface area contributed by atoms with Crippen LogP contribution in [0.3, 0.4) is 0 Å². The van der Waals surface area contributed by atoms with Crippen molar-refractivity contribution in [3.05, 3.63) is 101 Å². The molecule has 0 spiro atoms. The van der Waals surface area contributed by atoms with Gasteiger partial charge in [-0.15, -0.1) is 0 Å². The second-order valence-electron chi connectivity index (χ2n) is 16.9. The third kappa shape index (κ3) is 8.98. The van der Waals surface area contributed by atoms with E-state index in [2.05, 4.69) is 22.3 Å². The summed E-state index contributed by atoms with van der Waals surface area (Å²) in [5.41, 5.74) is 5.48. The van der Waals surface area contributed by atoms with Crippen molar-refractivity contribution in [2.75, 3.05) is 27.4 Å². The van der Waals surface area contributed by atoms with Crippen molar-refractivity contribution < 1.29 is 33.3 Å². The summed E-state index contributed by atoms with van der Waals surface area (Å²) in [5, 5.41) is 36.9. The first kappa shape index (κ1) is 42.6. The molecule has 0 aliphatic heterocycles. The van der Waals surface area contributed by atoms with Crippen molar-refractivity contribution >= 4 is 22.6 Å². The largest absolute Gasteiger partial charge is 0.496 e. The number of benzene rings is 2. The molecule has 0 radical (unpaired) electrons. The Balaban J connectivity index is 0.000000185. The number of aromatic nitrogens is 4. The summed E-state index contributed by atoms with van der Waals surface area (Å²) in [6.07, 6.45) is 12.1. The molecule has 0 saturated heterocycles. The van der Waals surface area contributed by atoms with Crippen LogP contribution in [0.15, 0.2) is 73.3 Å². The maximum Gasteiger partial charge on any atom is 0.170 e. The Hall–Kier alpha value is -6.57. The van der Waals surface area contributed by atoms with Gasteiger partial charge in [0.25, 0.3) is 0 Å². The SMILES string of the molecule is COc1cc(-c2cnn3cc(C(C)(C)C#N)ccc23)cc(F)c1C(=O)CC1CC1.COc1cc(-c2cnn3cc(C(C)(C)C#N)ccc23)cc(OCCO)c1C(=O)CC1CC1. The number of nitrogens with zero attached hydrogens (tertiary/aromatic N) is 6. The number of carbonyl (C=O) groups excluding carboxylic acids is 2. The third-order valence-corrected chi connectivity index (χ3v) is 11.5. The van der Waals surface area contributed by atoms with E-state index in [1.54, 1.807) is 27.5 Å². The molecular weight excluding hydrogens is 776 g/mol. The minimum Gasteiger partial charge on any atom is -0.496 e. The van der Waals surface area contributed by atoms with Gasteiger partial charge >= 0.3 is 0 Å². The van der Waals surface area contributed by atoms with Crippen molar-refractivity contribution in [1.82, 2.24) is 19.2 Å². The van der Waals surface area contributed by atoms with Crippen LogP contribution in [0.25, 0.3) is 33.3 Å². The van der Waals surface area contributed by atoms with Gasteiger partial charge in [0.1, 0.15) is 35.2 Å². The minimum absolute atomic E-state index is 0.00733. The van der Waals surface area contributed by atoms with E-state index in [4.69, 9.17) is 14.2 Å². The number of pyridine rings is 2. The first-order chi connectivity index (χ1) is 29.2. The van der Waals surface area contributed by atoms with E-state index < -0.39 is 16.6 Å². The Morgan fingerprint density at radius 3 is 1.62 bits per heavy atom. The van der Waals surface area contributed by atoms with Crippen molar-refractivity contribution in [2.45, 2.75) is 77.0 Å². The number of hydrogen-bond acceptors (Lipinski definition) is 10. The predicted molar refractivity (Wildman–Crippen MR) is 228 cm³/mol. The zero-order valence-corrected chi connectivity index (χ0v) is 35.3. The first-order valence-electron chi connectivity index (χ1n) is 20.4. The highest BCUT2D eigenvalue weighted by Crippen LogP contribution is 2.41. The van der Waals surface area contributed by atoms with Crippen LogP contribution in [0.4, 0.5) is 4.39 Å². The fourth-order valence-electron chi connectivity index (χ4n) is 7.27. The Bertz CT molecular complexity index is 2730. The van der Waals surface area contributed by atoms with Gasteiger partial charge in [-0.1, -0.05) is 12.1 Å². The highest BCUT2D eigenvalue weighted by atomic mass is 19.1. The first-order valence-corrected chi connectivity index (χ1v) is 20.4. The second kappa shape index (κ2) is 17.2. The monoisotopic (exact) mass is 824 g/mol. The molecule has 4 aromatic heterocycles. The molecule has 0 unspecified atom stereocenters. The number of methoxy groups -OCH3 is 2. The quantitative estimate of drug-likeness (QED) is 0.0988. The smallest absolute Gasteiger partial charge is 0.170 e. The number of rotatable bonds is 15. The van der Waals surface area contributed by atoms with Crippen LogP contribution in [0, 0.1) is 40.3 Å². The highest BCUT2D eigenvalue weighted by Gasteiger charge is 2.31. The number of carbonyl (C=O) groups is 2. The van der Waals surface area contributed by atoms with Gasteiger partial charge in [0.05, 0.1) is 72.8 Å². The number of fused-ring (bicyclic) bond motifs is 2. The fraction of sp³-hybridized carbons (Fsp3) is 0.375. The number of Topliss-reactive ketones (excluding diaryl/α,β-unsaturated/α-hetero) is 2. The Kier molecular flexibility index (Phi) is 12.0. The lowest BCUT2D eigenvalue weighted by atomic mass is 9.87. The Morgan fingerprint density at radius 1 is 0.738 bits per heavy atom. The van der Waals surface area contributed by atoms with Crippen LogP contribution < -0.4 is 14.2 Å². The van der Waals surface area contributed by atoms with Crippen LogP contribution in [-0.2, 0) is 10.8 Å². The Morgan fingerprint density at radius 2 is 1.18 bits per heavy atom. The molecule has 13 heteroatoms. The lowest BCUT2D eigenvalue weighted by molar-refractivity contribution is 0.0959. The van der Waals surface area contributed by atoms with Crippen LogP contribution in [0.5, 0.6) is 17.2 Å². The van der Waals surface area contributed by atoms with Crippen molar-refractivity contribution in [3.8, 4) is 51.6 Å². The van der Waals surface area contributed by atoms with E-state index >= 15 is 0 Å². The molecule has 0 atom stereocenters. The lowest BCUT2D eigenvalue weighted by Crippen LogP contribution is -2.14. The zero-order chi connectivity index (χ0) is 43.6. The number of aliphatic hydroxyl groups excluding tert-OH is 1. The van der Waals surface area contributed by atoms with Crippen LogP contribution in [0.2, 0.25) is 0 Å². The molecule has 0 bridgehead atoms. The minimum atomic E-state index is -0.640. The number of nitriles is 2. The average Bonchev–Trinajstić information content (AvgIpc) is 4.18. The number of aliphatic hydroxyl groups is 1. The number of ketones is 2. The summed E-state index contributed by atoms with van der Waals surface area (Å²) in [4.78, 5) is 25.5. The molecule has 2 aliphatic rings. The number of ether oxygens (including phenoxy) is 3. The number of hydrogen-bond donors (Lipinski definition) is 1. The van der Waals surface area contributed by atoms with Gasteiger partial charge in [0.2, 0.25) is 0 Å². The average molecular weight is 825 g/mol. The molecule has 2 saturated carbocycles. The van der Waals surface area contributed by atoms with E-state index in [1.165, 1.54) is 20.3 Å². The summed E-state index contributed by atoms with van der Waals surface area (Å²) in [7, 11) is 2.98. The van der Waals surface area contributed by atoms with E-state index in [0.717, 1.165) is 64.5 Å². The molecule has 4 heterocycles. The normalized spacial score (nSPS) is 13.9. The van der Waals surface area contributed by atoms with Gasteiger partial charge in [0.15, 0.2) is 11.6 Å². The summed E-state index contributed by atoms with van der Waals surface area (Å²) in [6, 6.07) is 18.9. The third-order valence-electron chi connectivity index (χ3n) is 11.5. The Labute approximate surface area is 354 Å². The highest BCUT2D eigenvalue weighted by molar-refractivity contribution is 6.03. The molecular formula is C48H49FN6O6. The topological polar surface area (TPSA) is 164 Å². The van der Waals surface area contributed by atoms with Crippen LogP contribution in [0.1, 0.15) is 98.1 Å². The van der Waals surface area contributed by atoms with Gasteiger partial charge < -0.3 is 19.3 Å². The molecule has 12 nitrogen and oxygen atoms in total. The number of halogens is 1.